The number of allylic oxidation sites excluding steroid dienone is 5. The molecule has 0 aromatic carbocycles. The summed E-state index contributed by atoms with van der Waals surface area (Å²) in [5, 5.41) is 54.2. The molecule has 74 heavy (non-hydrogen) atoms. The van der Waals surface area contributed by atoms with Crippen LogP contribution in [0.5, 0.6) is 0 Å². The number of hydrogen-bond acceptors (Lipinski definition) is 10. The molecule has 0 spiro atoms. The molecule has 6 N–H and O–H groups in total. The van der Waals surface area contributed by atoms with Crippen LogP contribution >= 0.6 is 0 Å². The monoisotopic (exact) mass is 1050 g/mol. The van der Waals surface area contributed by atoms with Crippen LogP contribution in [0.2, 0.25) is 0 Å². The third-order valence-electron chi connectivity index (χ3n) is 14.7. The smallest absolute Gasteiger partial charge is 0.305 e. The topological polar surface area (TPSA) is 175 Å². The molecule has 1 aliphatic heterocycles. The zero-order valence-corrected chi connectivity index (χ0v) is 47.8. The summed E-state index contributed by atoms with van der Waals surface area (Å²) in [5.74, 6) is -0.200. The van der Waals surface area contributed by atoms with Crippen LogP contribution in [-0.4, -0.2) is 100 Å². The predicted molar refractivity (Wildman–Crippen MR) is 306 cm³/mol. The summed E-state index contributed by atoms with van der Waals surface area (Å²) >= 11 is 0. The van der Waals surface area contributed by atoms with Crippen molar-refractivity contribution < 1.29 is 49.3 Å². The minimum atomic E-state index is -1.57. The Labute approximate surface area is 453 Å². The van der Waals surface area contributed by atoms with E-state index in [4.69, 9.17) is 14.2 Å². The lowest BCUT2D eigenvalue weighted by molar-refractivity contribution is -0.302. The van der Waals surface area contributed by atoms with Crippen molar-refractivity contribution >= 4 is 11.9 Å². The average Bonchev–Trinajstić information content (AvgIpc) is 3.40. The first kappa shape index (κ1) is 69.9. The molecule has 0 bridgehead atoms. The highest BCUT2D eigenvalue weighted by Gasteiger charge is 2.44. The van der Waals surface area contributed by atoms with E-state index < -0.39 is 49.5 Å². The molecule has 0 radical (unpaired) electrons. The fraction of sp³-hybridized carbons (Fsp3) is 0.873. The van der Waals surface area contributed by atoms with Crippen molar-refractivity contribution in [3.05, 3.63) is 36.5 Å². The van der Waals surface area contributed by atoms with Gasteiger partial charge in [0.1, 0.15) is 24.4 Å². The summed E-state index contributed by atoms with van der Waals surface area (Å²) in [6.45, 7) is 4.29. The fourth-order valence-electron chi connectivity index (χ4n) is 9.76. The Morgan fingerprint density at radius 2 is 0.905 bits per heavy atom. The Balaban J connectivity index is 1.98. The lowest BCUT2D eigenvalue weighted by Crippen LogP contribution is -2.60. The lowest BCUT2D eigenvalue weighted by atomic mass is 9.99. The molecule has 0 aliphatic carbocycles. The normalized spacial score (nSPS) is 19.0. The van der Waals surface area contributed by atoms with Crippen molar-refractivity contribution in [1.29, 1.82) is 0 Å². The molecule has 11 heteroatoms. The number of carbonyl (C=O) groups excluding carboxylic acids is 2. The minimum absolute atomic E-state index is 0.0148. The van der Waals surface area contributed by atoms with Crippen molar-refractivity contribution in [3.8, 4) is 0 Å². The summed E-state index contributed by atoms with van der Waals surface area (Å²) in [5.41, 5.74) is 0. The van der Waals surface area contributed by atoms with E-state index >= 15 is 0 Å². The maximum Gasteiger partial charge on any atom is 0.305 e. The zero-order valence-electron chi connectivity index (χ0n) is 47.8. The van der Waals surface area contributed by atoms with Crippen LogP contribution in [0, 0.1) is 0 Å². The number of aliphatic hydroxyl groups excluding tert-OH is 5. The Kier molecular flexibility index (Phi) is 50.0. The van der Waals surface area contributed by atoms with Gasteiger partial charge >= 0.3 is 5.97 Å². The quantitative estimate of drug-likeness (QED) is 0.0195. The second-order valence-corrected chi connectivity index (χ2v) is 21.8. The lowest BCUT2D eigenvalue weighted by Gasteiger charge is -2.40. The van der Waals surface area contributed by atoms with Crippen molar-refractivity contribution in [3.63, 3.8) is 0 Å². The van der Waals surface area contributed by atoms with E-state index in [1.807, 2.05) is 6.08 Å². The second kappa shape index (κ2) is 52.9. The van der Waals surface area contributed by atoms with E-state index in [1.54, 1.807) is 6.08 Å². The van der Waals surface area contributed by atoms with Crippen LogP contribution in [-0.2, 0) is 23.8 Å². The van der Waals surface area contributed by atoms with Gasteiger partial charge in [0.25, 0.3) is 0 Å². The van der Waals surface area contributed by atoms with Crippen LogP contribution in [0.25, 0.3) is 0 Å². The first-order chi connectivity index (χ1) is 36.2. The first-order valence-corrected chi connectivity index (χ1v) is 31.3. The van der Waals surface area contributed by atoms with E-state index in [0.29, 0.717) is 19.4 Å². The molecule has 11 nitrogen and oxygen atoms in total. The van der Waals surface area contributed by atoms with Gasteiger partial charge in [-0.15, -0.1) is 0 Å². The fourth-order valence-corrected chi connectivity index (χ4v) is 9.76. The molecule has 0 aromatic rings. The summed E-state index contributed by atoms with van der Waals surface area (Å²) < 4.78 is 16.7. The summed E-state index contributed by atoms with van der Waals surface area (Å²) in [7, 11) is 0. The number of nitrogens with one attached hydrogen (secondary N) is 1. The van der Waals surface area contributed by atoms with Crippen LogP contribution in [0.3, 0.4) is 0 Å². The van der Waals surface area contributed by atoms with Crippen molar-refractivity contribution in [2.24, 2.45) is 0 Å². The van der Waals surface area contributed by atoms with Gasteiger partial charge in [-0.2, -0.15) is 0 Å². The van der Waals surface area contributed by atoms with Gasteiger partial charge in [0, 0.05) is 12.8 Å². The van der Waals surface area contributed by atoms with Crippen molar-refractivity contribution in [2.45, 2.75) is 333 Å². The van der Waals surface area contributed by atoms with Crippen LogP contribution < -0.4 is 5.32 Å². The highest BCUT2D eigenvalue weighted by Crippen LogP contribution is 2.23. The molecular formula is C63H117NO10. The van der Waals surface area contributed by atoms with E-state index in [1.165, 1.54) is 186 Å². The number of esters is 1. The number of unbranched alkanes of at least 4 members (excludes halogenated alkanes) is 36. The Bertz CT molecular complexity index is 1320. The molecule has 0 saturated carbocycles. The number of ether oxygens (including phenoxy) is 3. The third-order valence-corrected chi connectivity index (χ3v) is 14.7. The highest BCUT2D eigenvalue weighted by molar-refractivity contribution is 5.76. The summed E-state index contributed by atoms with van der Waals surface area (Å²) in [6, 6.07) is -0.810. The van der Waals surface area contributed by atoms with Gasteiger partial charge < -0.3 is 45.1 Å². The van der Waals surface area contributed by atoms with Gasteiger partial charge in [0.2, 0.25) is 5.91 Å². The number of hydrogen-bond donors (Lipinski definition) is 6. The first-order valence-electron chi connectivity index (χ1n) is 31.3. The molecule has 1 saturated heterocycles. The second-order valence-electron chi connectivity index (χ2n) is 21.8. The van der Waals surface area contributed by atoms with Gasteiger partial charge in [0.05, 0.1) is 32.0 Å². The Hall–Kier alpha value is -2.12. The van der Waals surface area contributed by atoms with Crippen LogP contribution in [0.15, 0.2) is 36.5 Å². The predicted octanol–water partition coefficient (Wildman–Crippen LogP) is 14.7. The molecular weight excluding hydrogens is 931 g/mol. The molecule has 1 rings (SSSR count). The third kappa shape index (κ3) is 42.0. The van der Waals surface area contributed by atoms with Gasteiger partial charge in [-0.25, -0.2) is 0 Å². The molecule has 434 valence electrons. The number of amides is 1. The Morgan fingerprint density at radius 3 is 1.38 bits per heavy atom. The molecule has 1 aliphatic rings. The summed E-state index contributed by atoms with van der Waals surface area (Å²) in [4.78, 5) is 25.1. The SMILES string of the molecule is CCCCCC/C=C\C/C=C\CCCCCCCC(=O)OCCCCCCCCCCCCCCCCCCCCCCCC(=O)NC(COC1OC(CO)C(O)C(O)C1O)C(O)/C=C/CCCCCCCCC. The standard InChI is InChI=1S/C63H117NO10/c1-3-5-7-9-11-13-14-15-16-25-28-31-35-39-43-47-51-59(68)72-52-48-44-40-36-32-29-26-23-21-19-17-18-20-22-24-27-30-34-38-42-46-50-58(67)64-55(56(66)49-45-41-37-33-12-10-8-6-4-2)54-73-63-62(71)61(70)60(69)57(53-65)74-63/h13-14,16,25,45,49,55-57,60-63,65-66,69-71H,3-12,15,17-24,26-44,46-48,50-54H2,1-2H3,(H,64,67)/b14-13-,25-16-,49-45+. The maximum absolute atomic E-state index is 13.0. The molecule has 7 unspecified atom stereocenters. The van der Waals surface area contributed by atoms with Gasteiger partial charge in [-0.3, -0.25) is 9.59 Å². The molecule has 1 heterocycles. The molecule has 7 atom stereocenters. The van der Waals surface area contributed by atoms with E-state index in [0.717, 1.165) is 77.0 Å². The Morgan fingerprint density at radius 1 is 0.500 bits per heavy atom. The number of carbonyl (C=O) groups is 2. The maximum atomic E-state index is 13.0. The van der Waals surface area contributed by atoms with E-state index in [9.17, 15) is 35.1 Å². The molecule has 1 amide bonds. The highest BCUT2D eigenvalue weighted by atomic mass is 16.7. The largest absolute Gasteiger partial charge is 0.466 e. The zero-order chi connectivity index (χ0) is 53.8. The molecule has 0 aromatic heterocycles. The summed E-state index contributed by atoms with van der Waals surface area (Å²) in [6.07, 6.45) is 55.4. The molecule has 1 fully saturated rings. The van der Waals surface area contributed by atoms with Gasteiger partial charge in [0.15, 0.2) is 6.29 Å². The van der Waals surface area contributed by atoms with E-state index in [2.05, 4.69) is 43.5 Å². The van der Waals surface area contributed by atoms with Gasteiger partial charge in [-0.05, 0) is 64.2 Å². The number of rotatable bonds is 54. The van der Waals surface area contributed by atoms with Gasteiger partial charge in [-0.1, -0.05) is 249 Å². The van der Waals surface area contributed by atoms with Crippen LogP contribution in [0.4, 0.5) is 0 Å². The minimum Gasteiger partial charge on any atom is -0.466 e. The number of aliphatic hydroxyl groups is 5. The van der Waals surface area contributed by atoms with Crippen molar-refractivity contribution in [2.75, 3.05) is 19.8 Å². The average molecular weight is 1050 g/mol. The van der Waals surface area contributed by atoms with Crippen LogP contribution in [0.1, 0.15) is 290 Å². The van der Waals surface area contributed by atoms with E-state index in [-0.39, 0.29) is 18.5 Å². The van der Waals surface area contributed by atoms with Crippen molar-refractivity contribution in [1.82, 2.24) is 5.32 Å².